The molecule has 0 aromatic heterocycles. The molecule has 6 N–H and O–H groups in total. The average molecular weight is 680 g/mol. The molecule has 2 fully saturated rings. The second-order valence-corrected chi connectivity index (χ2v) is 12.7. The lowest BCUT2D eigenvalue weighted by Gasteiger charge is -2.39. The van der Waals surface area contributed by atoms with Gasteiger partial charge in [-0.15, -0.1) is 0 Å². The van der Waals surface area contributed by atoms with Crippen LogP contribution in [-0.4, -0.2) is 131 Å². The SMILES string of the molecule is CC(C)(C)OC(=O)CCC(CO)NC(=O)C1=CC2OCOC2C(OC(=O)c2ccccc2C=CCOC2OC(CO)C(O)C(O)C2O)C1. The maximum Gasteiger partial charge on any atom is 0.339 e. The van der Waals surface area contributed by atoms with E-state index in [4.69, 9.17) is 28.4 Å². The number of aliphatic hydroxyl groups excluding tert-OH is 5. The van der Waals surface area contributed by atoms with Gasteiger partial charge in [0, 0.05) is 18.4 Å². The number of nitrogens with one attached hydrogen (secondary N) is 1. The van der Waals surface area contributed by atoms with Gasteiger partial charge in [0.05, 0.1) is 31.4 Å². The molecule has 0 spiro atoms. The van der Waals surface area contributed by atoms with Gasteiger partial charge in [-0.25, -0.2) is 4.79 Å². The molecule has 9 atom stereocenters. The molecule has 2 aliphatic heterocycles. The van der Waals surface area contributed by atoms with Crippen LogP contribution in [0.15, 0.2) is 42.0 Å². The van der Waals surface area contributed by atoms with Gasteiger partial charge >= 0.3 is 11.9 Å². The van der Waals surface area contributed by atoms with Gasteiger partial charge in [0.2, 0.25) is 5.91 Å². The Labute approximate surface area is 278 Å². The number of aliphatic hydroxyl groups is 5. The predicted octanol–water partition coefficient (Wildman–Crippen LogP) is -0.288. The fourth-order valence-electron chi connectivity index (χ4n) is 5.46. The van der Waals surface area contributed by atoms with Crippen molar-refractivity contribution in [3.05, 3.63) is 53.1 Å². The highest BCUT2D eigenvalue weighted by molar-refractivity contribution is 5.95. The highest BCUT2D eigenvalue weighted by atomic mass is 16.7. The topological polar surface area (TPSA) is 220 Å². The first-order valence-electron chi connectivity index (χ1n) is 15.8. The second kappa shape index (κ2) is 16.9. The van der Waals surface area contributed by atoms with Crippen molar-refractivity contribution < 1.29 is 68.3 Å². The molecular formula is C33H45NO14. The number of hydrogen-bond acceptors (Lipinski definition) is 14. The number of rotatable bonds is 13. The van der Waals surface area contributed by atoms with Crippen LogP contribution in [0.3, 0.4) is 0 Å². The zero-order chi connectivity index (χ0) is 35.0. The summed E-state index contributed by atoms with van der Waals surface area (Å²) in [5, 5.41) is 51.9. The quantitative estimate of drug-likeness (QED) is 0.148. The molecule has 0 radical (unpaired) electrons. The fraction of sp³-hybridized carbons (Fsp3) is 0.606. The minimum Gasteiger partial charge on any atom is -0.460 e. The van der Waals surface area contributed by atoms with Crippen LogP contribution in [0.5, 0.6) is 0 Å². The molecule has 4 rings (SSSR count). The van der Waals surface area contributed by atoms with Gasteiger partial charge in [-0.3, -0.25) is 9.59 Å². The van der Waals surface area contributed by atoms with Crippen LogP contribution < -0.4 is 5.32 Å². The van der Waals surface area contributed by atoms with Gasteiger partial charge in [-0.1, -0.05) is 30.4 Å². The largest absolute Gasteiger partial charge is 0.460 e. The summed E-state index contributed by atoms with van der Waals surface area (Å²) in [6.07, 6.45) is -4.32. The Balaban J connectivity index is 1.36. The standard InChI is InChI=1S/C33H45NO14/c1-33(2,3)48-25(37)11-10-20(15-35)34-30(41)19-13-22-29(45-17-44-22)23(14-19)46-31(42)21-9-5-4-7-18(21)8-6-12-43-32-28(40)27(39)26(38)24(16-36)47-32/h4-9,13,20,22-24,26-29,32,35-36,38-40H,10-12,14-17H2,1-3H3,(H,34,41). The summed E-state index contributed by atoms with van der Waals surface area (Å²) in [7, 11) is 0. The third kappa shape index (κ3) is 9.90. The van der Waals surface area contributed by atoms with E-state index < -0.39 is 91.7 Å². The van der Waals surface area contributed by atoms with Crippen LogP contribution in [0.1, 0.15) is 56.0 Å². The molecule has 2 heterocycles. The Hall–Kier alpha value is -3.25. The molecular weight excluding hydrogens is 634 g/mol. The third-order valence-corrected chi connectivity index (χ3v) is 7.90. The van der Waals surface area contributed by atoms with Gasteiger partial charge < -0.3 is 59.3 Å². The van der Waals surface area contributed by atoms with E-state index in [-0.39, 0.29) is 43.8 Å². The minimum atomic E-state index is -1.57. The van der Waals surface area contributed by atoms with Crippen LogP contribution >= 0.6 is 0 Å². The molecule has 1 amide bonds. The van der Waals surface area contributed by atoms with Crippen LogP contribution in [0.4, 0.5) is 0 Å². The van der Waals surface area contributed by atoms with E-state index in [0.717, 1.165) is 0 Å². The van der Waals surface area contributed by atoms with E-state index in [1.807, 2.05) is 0 Å². The molecule has 48 heavy (non-hydrogen) atoms. The number of hydrogen-bond donors (Lipinski definition) is 6. The number of fused-ring (bicyclic) bond motifs is 1. The van der Waals surface area contributed by atoms with E-state index in [1.54, 1.807) is 63.3 Å². The second-order valence-electron chi connectivity index (χ2n) is 12.7. The lowest BCUT2D eigenvalue weighted by Crippen LogP contribution is -2.59. The van der Waals surface area contributed by atoms with Crippen molar-refractivity contribution in [2.24, 2.45) is 0 Å². The van der Waals surface area contributed by atoms with Gasteiger partial charge in [-0.05, 0) is 44.9 Å². The summed E-state index contributed by atoms with van der Waals surface area (Å²) in [6, 6.07) is 5.89. The first-order chi connectivity index (χ1) is 22.8. The minimum absolute atomic E-state index is 0.00254. The summed E-state index contributed by atoms with van der Waals surface area (Å²) in [4.78, 5) is 38.7. The molecule has 1 aliphatic carbocycles. The van der Waals surface area contributed by atoms with Gasteiger partial charge in [0.25, 0.3) is 0 Å². The smallest absolute Gasteiger partial charge is 0.339 e. The monoisotopic (exact) mass is 679 g/mol. The molecule has 1 aromatic rings. The van der Waals surface area contributed by atoms with Crippen LogP contribution in [0.2, 0.25) is 0 Å². The third-order valence-electron chi connectivity index (χ3n) is 7.90. The van der Waals surface area contributed by atoms with Crippen molar-refractivity contribution in [1.29, 1.82) is 0 Å². The van der Waals surface area contributed by atoms with E-state index in [0.29, 0.717) is 5.56 Å². The maximum atomic E-state index is 13.4. The fourth-order valence-corrected chi connectivity index (χ4v) is 5.46. The highest BCUT2D eigenvalue weighted by Crippen LogP contribution is 2.31. The molecule has 0 saturated carbocycles. The Kier molecular flexibility index (Phi) is 13.2. The molecule has 266 valence electrons. The zero-order valence-corrected chi connectivity index (χ0v) is 27.1. The van der Waals surface area contributed by atoms with Crippen molar-refractivity contribution >= 4 is 23.9 Å². The van der Waals surface area contributed by atoms with Crippen molar-refractivity contribution in [1.82, 2.24) is 5.32 Å². The summed E-state index contributed by atoms with van der Waals surface area (Å²) in [5.41, 5.74) is 0.297. The van der Waals surface area contributed by atoms with Crippen molar-refractivity contribution in [2.45, 2.75) is 101 Å². The molecule has 2 saturated heterocycles. The van der Waals surface area contributed by atoms with Crippen LogP contribution in [0.25, 0.3) is 6.08 Å². The Morgan fingerprint density at radius 2 is 1.81 bits per heavy atom. The van der Waals surface area contributed by atoms with Crippen LogP contribution in [-0.2, 0) is 38.0 Å². The zero-order valence-electron chi connectivity index (χ0n) is 27.1. The molecule has 1 aromatic carbocycles. The number of ether oxygens (including phenoxy) is 6. The Morgan fingerprint density at radius 3 is 2.52 bits per heavy atom. The lowest BCUT2D eigenvalue weighted by molar-refractivity contribution is -0.298. The van der Waals surface area contributed by atoms with Gasteiger partial charge in [0.15, 0.2) is 6.29 Å². The van der Waals surface area contributed by atoms with Crippen molar-refractivity contribution in [3.8, 4) is 0 Å². The van der Waals surface area contributed by atoms with Crippen LogP contribution in [0, 0.1) is 0 Å². The summed E-state index contributed by atoms with van der Waals surface area (Å²) >= 11 is 0. The van der Waals surface area contributed by atoms with Crippen molar-refractivity contribution in [3.63, 3.8) is 0 Å². The van der Waals surface area contributed by atoms with Crippen molar-refractivity contribution in [2.75, 3.05) is 26.6 Å². The summed E-state index contributed by atoms with van der Waals surface area (Å²) in [5.74, 6) is -1.64. The molecule has 9 unspecified atom stereocenters. The number of carbonyl (C=O) groups is 3. The average Bonchev–Trinajstić information content (AvgIpc) is 3.53. The first kappa shape index (κ1) is 37.6. The summed E-state index contributed by atoms with van der Waals surface area (Å²) in [6.45, 7) is 4.09. The van der Waals surface area contributed by atoms with Gasteiger partial charge in [-0.2, -0.15) is 0 Å². The molecule has 15 nitrogen and oxygen atoms in total. The molecule has 3 aliphatic rings. The molecule has 15 heteroatoms. The van der Waals surface area contributed by atoms with E-state index in [9.17, 15) is 39.9 Å². The Morgan fingerprint density at radius 1 is 1.06 bits per heavy atom. The lowest BCUT2D eigenvalue weighted by atomic mass is 9.91. The first-order valence-corrected chi connectivity index (χ1v) is 15.8. The normalized spacial score (nSPS) is 29.5. The predicted molar refractivity (Wildman–Crippen MR) is 166 cm³/mol. The summed E-state index contributed by atoms with van der Waals surface area (Å²) < 4.78 is 33.2. The van der Waals surface area contributed by atoms with E-state index >= 15 is 0 Å². The number of amides is 1. The number of carbonyl (C=O) groups excluding carboxylic acids is 3. The maximum absolute atomic E-state index is 13.4. The van der Waals surface area contributed by atoms with E-state index in [1.165, 1.54) is 0 Å². The highest BCUT2D eigenvalue weighted by Gasteiger charge is 2.44. The van der Waals surface area contributed by atoms with E-state index in [2.05, 4.69) is 5.32 Å². The Bertz CT molecular complexity index is 1320. The van der Waals surface area contributed by atoms with Gasteiger partial charge in [0.1, 0.15) is 55.1 Å². The number of benzene rings is 1. The number of esters is 2. The molecule has 0 bridgehead atoms.